The van der Waals surface area contributed by atoms with E-state index in [1.807, 2.05) is 30.3 Å². The molecule has 0 atom stereocenters. The van der Waals surface area contributed by atoms with Crippen molar-refractivity contribution in [1.29, 1.82) is 0 Å². The Balaban J connectivity index is 1.50. The van der Waals surface area contributed by atoms with Crippen LogP contribution < -0.4 is 11.1 Å². The first-order valence-corrected chi connectivity index (χ1v) is 8.98. The third kappa shape index (κ3) is 5.88. The molecule has 7 nitrogen and oxygen atoms in total. The van der Waals surface area contributed by atoms with Crippen molar-refractivity contribution in [2.75, 3.05) is 17.7 Å². The number of esters is 1. The summed E-state index contributed by atoms with van der Waals surface area (Å²) in [6.45, 7) is -0.434. The van der Waals surface area contributed by atoms with E-state index in [1.165, 1.54) is 18.2 Å². The van der Waals surface area contributed by atoms with Gasteiger partial charge in [0.2, 0.25) is 0 Å². The maximum Gasteiger partial charge on any atom is 0.338 e. The van der Waals surface area contributed by atoms with Gasteiger partial charge in [-0.15, -0.1) is 0 Å². The lowest BCUT2D eigenvalue weighted by molar-refractivity contribution is -0.119. The minimum Gasteiger partial charge on any atom is -0.452 e. The predicted octanol–water partition coefficient (Wildman–Crippen LogP) is 5.13. The Labute approximate surface area is 172 Å². The molecule has 0 unspecified atom stereocenters. The van der Waals surface area contributed by atoms with Gasteiger partial charge in [0, 0.05) is 5.69 Å². The normalized spacial score (nSPS) is 10.7. The molecule has 3 aromatic rings. The van der Waals surface area contributed by atoms with Crippen molar-refractivity contribution in [3.05, 3.63) is 83.4 Å². The average molecular weight is 409 g/mol. The van der Waals surface area contributed by atoms with Crippen molar-refractivity contribution in [1.82, 2.24) is 0 Å². The van der Waals surface area contributed by atoms with Crippen LogP contribution in [0.1, 0.15) is 10.4 Å². The van der Waals surface area contributed by atoms with Gasteiger partial charge in [-0.3, -0.25) is 4.79 Å². The van der Waals surface area contributed by atoms with Gasteiger partial charge in [-0.2, -0.15) is 10.2 Å². The molecule has 1 amide bonds. The minimum atomic E-state index is -0.666. The van der Waals surface area contributed by atoms with E-state index in [-0.39, 0.29) is 11.3 Å². The highest BCUT2D eigenvalue weighted by atomic mass is 35.5. The molecule has 0 fully saturated rings. The minimum absolute atomic E-state index is 0.216. The molecule has 0 aliphatic rings. The fraction of sp³-hybridized carbons (Fsp3) is 0.0476. The lowest BCUT2D eigenvalue weighted by Crippen LogP contribution is -2.20. The second-order valence-electron chi connectivity index (χ2n) is 5.94. The monoisotopic (exact) mass is 408 g/mol. The lowest BCUT2D eigenvalue weighted by atomic mass is 10.2. The van der Waals surface area contributed by atoms with E-state index in [0.717, 1.165) is 5.69 Å². The van der Waals surface area contributed by atoms with Crippen LogP contribution in [0.25, 0.3) is 0 Å². The number of hydrogen-bond donors (Lipinski definition) is 2. The summed E-state index contributed by atoms with van der Waals surface area (Å²) >= 11 is 5.81. The molecular weight excluding hydrogens is 392 g/mol. The number of nitrogens with zero attached hydrogens (tertiary/aromatic N) is 2. The van der Waals surface area contributed by atoms with Crippen LogP contribution in [0.3, 0.4) is 0 Å². The van der Waals surface area contributed by atoms with Crippen LogP contribution >= 0.6 is 11.6 Å². The summed E-state index contributed by atoms with van der Waals surface area (Å²) in [6, 6.07) is 20.5. The predicted molar refractivity (Wildman–Crippen MR) is 112 cm³/mol. The van der Waals surface area contributed by atoms with Gasteiger partial charge in [-0.05, 0) is 54.6 Å². The maximum atomic E-state index is 12.0. The molecule has 29 heavy (non-hydrogen) atoms. The Kier molecular flexibility index (Phi) is 6.55. The van der Waals surface area contributed by atoms with Crippen molar-refractivity contribution >= 4 is 46.2 Å². The molecule has 8 heteroatoms. The highest BCUT2D eigenvalue weighted by Crippen LogP contribution is 2.21. The van der Waals surface area contributed by atoms with E-state index in [1.54, 1.807) is 24.3 Å². The summed E-state index contributed by atoms with van der Waals surface area (Å²) in [4.78, 5) is 24.0. The second-order valence-corrected chi connectivity index (χ2v) is 6.35. The van der Waals surface area contributed by atoms with Crippen molar-refractivity contribution in [2.45, 2.75) is 0 Å². The molecule has 0 heterocycles. The maximum absolute atomic E-state index is 12.0. The Bertz CT molecular complexity index is 1040. The molecule has 0 aliphatic heterocycles. The van der Waals surface area contributed by atoms with Gasteiger partial charge in [0.05, 0.1) is 27.6 Å². The van der Waals surface area contributed by atoms with Crippen LogP contribution in [0.15, 0.2) is 83.0 Å². The van der Waals surface area contributed by atoms with Gasteiger partial charge >= 0.3 is 5.97 Å². The van der Waals surface area contributed by atoms with Crippen molar-refractivity contribution in [2.24, 2.45) is 10.2 Å². The number of rotatable bonds is 6. The highest BCUT2D eigenvalue weighted by molar-refractivity contribution is 6.33. The number of nitrogen functional groups attached to an aromatic ring is 1. The number of anilines is 2. The Morgan fingerprint density at radius 1 is 0.931 bits per heavy atom. The highest BCUT2D eigenvalue weighted by Gasteiger charge is 2.11. The van der Waals surface area contributed by atoms with E-state index in [9.17, 15) is 9.59 Å². The number of carbonyl (C=O) groups is 2. The van der Waals surface area contributed by atoms with Crippen LogP contribution in [0.2, 0.25) is 5.02 Å². The molecular formula is C21H17ClN4O3. The molecule has 0 saturated carbocycles. The zero-order valence-corrected chi connectivity index (χ0v) is 16.0. The summed E-state index contributed by atoms with van der Waals surface area (Å²) in [5.74, 6) is -1.14. The molecule has 3 aromatic carbocycles. The van der Waals surface area contributed by atoms with Gasteiger partial charge in [0.25, 0.3) is 5.91 Å². The molecule has 146 valence electrons. The smallest absolute Gasteiger partial charge is 0.338 e. The molecule has 3 N–H and O–H groups in total. The van der Waals surface area contributed by atoms with Crippen LogP contribution in [0, 0.1) is 0 Å². The van der Waals surface area contributed by atoms with Crippen LogP contribution in [-0.4, -0.2) is 18.5 Å². The zero-order chi connectivity index (χ0) is 20.6. The van der Waals surface area contributed by atoms with Crippen molar-refractivity contribution in [3.63, 3.8) is 0 Å². The number of carbonyl (C=O) groups excluding carboxylic acids is 2. The first kappa shape index (κ1) is 20.0. The van der Waals surface area contributed by atoms with Crippen LogP contribution in [0.5, 0.6) is 0 Å². The molecule has 0 saturated heterocycles. The first-order valence-electron chi connectivity index (χ1n) is 8.60. The summed E-state index contributed by atoms with van der Waals surface area (Å²) in [5, 5.41) is 11.2. The van der Waals surface area contributed by atoms with Crippen molar-refractivity contribution < 1.29 is 14.3 Å². The van der Waals surface area contributed by atoms with Crippen LogP contribution in [0.4, 0.5) is 22.7 Å². The summed E-state index contributed by atoms with van der Waals surface area (Å²) in [7, 11) is 0. The fourth-order valence-electron chi connectivity index (χ4n) is 2.30. The van der Waals surface area contributed by atoms with E-state index in [2.05, 4.69) is 15.5 Å². The first-order chi connectivity index (χ1) is 14.0. The third-order valence-electron chi connectivity index (χ3n) is 3.75. The Morgan fingerprint density at radius 3 is 2.24 bits per heavy atom. The Hall–Kier alpha value is -3.71. The van der Waals surface area contributed by atoms with Gasteiger partial charge in [-0.1, -0.05) is 29.8 Å². The molecule has 0 radical (unpaired) electrons. The Morgan fingerprint density at radius 2 is 1.59 bits per heavy atom. The van der Waals surface area contributed by atoms with Gasteiger partial charge in [0.1, 0.15) is 0 Å². The number of nitrogens with one attached hydrogen (secondary N) is 1. The molecule has 0 spiro atoms. The number of azo groups is 1. The van der Waals surface area contributed by atoms with Crippen LogP contribution in [-0.2, 0) is 9.53 Å². The number of halogens is 1. The number of ether oxygens (including phenoxy) is 1. The van der Waals surface area contributed by atoms with E-state index < -0.39 is 18.5 Å². The zero-order valence-electron chi connectivity index (χ0n) is 15.2. The number of benzene rings is 3. The molecule has 0 aromatic heterocycles. The average Bonchev–Trinajstić information content (AvgIpc) is 2.74. The second kappa shape index (κ2) is 9.48. The third-order valence-corrected chi connectivity index (χ3v) is 4.10. The van der Waals surface area contributed by atoms with Gasteiger partial charge in [-0.25, -0.2) is 4.79 Å². The molecule has 0 bridgehead atoms. The number of hydrogen-bond acceptors (Lipinski definition) is 6. The summed E-state index contributed by atoms with van der Waals surface area (Å²) in [5.41, 5.74) is 8.05. The van der Waals surface area contributed by atoms with Gasteiger partial charge < -0.3 is 15.8 Å². The lowest BCUT2D eigenvalue weighted by Gasteiger charge is -2.07. The summed E-state index contributed by atoms with van der Waals surface area (Å²) < 4.78 is 4.99. The summed E-state index contributed by atoms with van der Waals surface area (Å²) in [6.07, 6.45) is 0. The standard InChI is InChI=1S/C21H17ClN4O3/c22-18-11-6-14(12-19(18)23)21(28)29-13-20(27)24-15-7-9-17(10-8-15)26-25-16-4-2-1-3-5-16/h1-12H,13,23H2,(H,24,27). The number of nitrogens with two attached hydrogens (primary N) is 1. The van der Waals surface area contributed by atoms with E-state index >= 15 is 0 Å². The fourth-order valence-corrected chi connectivity index (χ4v) is 2.42. The van der Waals surface area contributed by atoms with Gasteiger partial charge in [0.15, 0.2) is 6.61 Å². The number of amides is 1. The SMILES string of the molecule is Nc1cc(C(=O)OCC(=O)Nc2ccc(N=Nc3ccccc3)cc2)ccc1Cl. The topological polar surface area (TPSA) is 106 Å². The largest absolute Gasteiger partial charge is 0.452 e. The van der Waals surface area contributed by atoms with E-state index in [4.69, 9.17) is 22.1 Å². The molecule has 3 rings (SSSR count). The van der Waals surface area contributed by atoms with E-state index in [0.29, 0.717) is 16.4 Å². The molecule has 0 aliphatic carbocycles. The quantitative estimate of drug-likeness (QED) is 0.335. The van der Waals surface area contributed by atoms with Crippen molar-refractivity contribution in [3.8, 4) is 0 Å².